The van der Waals surface area contributed by atoms with Crippen LogP contribution in [-0.2, 0) is 11.3 Å². The van der Waals surface area contributed by atoms with E-state index < -0.39 is 0 Å². The number of aromatic nitrogens is 3. The quantitative estimate of drug-likeness (QED) is 0.871. The summed E-state index contributed by atoms with van der Waals surface area (Å²) in [4.78, 5) is 18.1. The number of ether oxygens (including phenoxy) is 1. The highest BCUT2D eigenvalue weighted by Gasteiger charge is 2.29. The van der Waals surface area contributed by atoms with Crippen molar-refractivity contribution in [3.63, 3.8) is 0 Å². The minimum absolute atomic E-state index is 0.283. The molecule has 1 N–H and O–H groups in total. The zero-order valence-electron chi connectivity index (χ0n) is 15.3. The monoisotopic (exact) mass is 355 g/mol. The zero-order chi connectivity index (χ0) is 18.1. The number of β-amino-alcohol motifs (C(OH)–C–C–N with tert-alkyl or cyclic N) is 1. The van der Waals surface area contributed by atoms with Gasteiger partial charge in [-0.1, -0.05) is 6.07 Å². The highest BCUT2D eigenvalue weighted by atomic mass is 16.5. The molecule has 1 unspecified atom stereocenters. The number of hydrogen-bond donors (Lipinski definition) is 1. The van der Waals surface area contributed by atoms with Gasteiger partial charge in [-0.15, -0.1) is 0 Å². The summed E-state index contributed by atoms with van der Waals surface area (Å²) in [5.74, 6) is 1.88. The number of hydrogen-bond acceptors (Lipinski definition) is 7. The second kappa shape index (κ2) is 7.17. The molecule has 1 atom stereocenters. The van der Waals surface area contributed by atoms with E-state index in [2.05, 4.69) is 28.9 Å². The van der Waals surface area contributed by atoms with Crippen molar-refractivity contribution in [2.24, 2.45) is 0 Å². The molecule has 2 aliphatic rings. The van der Waals surface area contributed by atoms with Crippen molar-refractivity contribution >= 4 is 11.8 Å². The van der Waals surface area contributed by atoms with E-state index in [1.807, 2.05) is 24.2 Å². The lowest BCUT2D eigenvalue weighted by Crippen LogP contribution is -2.51. The molecule has 7 nitrogen and oxygen atoms in total. The Balaban J connectivity index is 1.62. The molecule has 26 heavy (non-hydrogen) atoms. The molecule has 2 aromatic heterocycles. The molecule has 138 valence electrons. The Morgan fingerprint density at radius 2 is 2.19 bits per heavy atom. The maximum Gasteiger partial charge on any atom is 0.227 e. The Bertz CT molecular complexity index is 772. The van der Waals surface area contributed by atoms with Gasteiger partial charge in [-0.3, -0.25) is 4.98 Å². The summed E-state index contributed by atoms with van der Waals surface area (Å²) in [6.45, 7) is 5.43. The van der Waals surface area contributed by atoms with Crippen LogP contribution in [0.5, 0.6) is 0 Å². The Labute approximate surface area is 153 Å². The third-order valence-electron chi connectivity index (χ3n) is 5.11. The second-order valence-electron chi connectivity index (χ2n) is 7.19. The number of anilines is 2. The Morgan fingerprint density at radius 1 is 1.35 bits per heavy atom. The minimum Gasteiger partial charge on any atom is -0.389 e. The van der Waals surface area contributed by atoms with E-state index >= 15 is 0 Å². The van der Waals surface area contributed by atoms with Crippen LogP contribution < -0.4 is 9.80 Å². The van der Waals surface area contributed by atoms with Crippen molar-refractivity contribution in [3.8, 4) is 0 Å². The van der Waals surface area contributed by atoms with Gasteiger partial charge in [-0.05, 0) is 25.0 Å². The number of nitrogens with zero attached hydrogens (tertiary/aromatic N) is 5. The third kappa shape index (κ3) is 3.50. The summed E-state index contributed by atoms with van der Waals surface area (Å²) >= 11 is 0. The van der Waals surface area contributed by atoms with Crippen LogP contribution in [-0.4, -0.2) is 59.5 Å². The number of pyridine rings is 1. The maximum absolute atomic E-state index is 9.63. The van der Waals surface area contributed by atoms with Gasteiger partial charge in [0.05, 0.1) is 30.6 Å². The van der Waals surface area contributed by atoms with Gasteiger partial charge < -0.3 is 19.6 Å². The highest BCUT2D eigenvalue weighted by molar-refractivity contribution is 5.48. The second-order valence-corrected chi connectivity index (χ2v) is 7.19. The summed E-state index contributed by atoms with van der Waals surface area (Å²) in [5, 5.41) is 9.63. The van der Waals surface area contributed by atoms with Crippen LogP contribution in [0.3, 0.4) is 0 Å². The standard InChI is InChI=1S/C19H25N5O2/c1-13-4-3-6-20-17(13)11-23(2)18-8-16(14-5-7-26-12-14)21-19(22-18)24-9-15(25)10-24/h3-4,6,8,14-15,25H,5,7,9-12H2,1-2H3. The summed E-state index contributed by atoms with van der Waals surface area (Å²) in [6, 6.07) is 6.09. The first-order chi connectivity index (χ1) is 12.6. The number of aliphatic hydroxyl groups is 1. The average Bonchev–Trinajstić information content (AvgIpc) is 3.15. The molecule has 0 radical (unpaired) electrons. The lowest BCUT2D eigenvalue weighted by Gasteiger charge is -2.36. The smallest absolute Gasteiger partial charge is 0.227 e. The Morgan fingerprint density at radius 3 is 2.88 bits per heavy atom. The van der Waals surface area contributed by atoms with Crippen molar-refractivity contribution in [1.82, 2.24) is 15.0 Å². The summed E-state index contributed by atoms with van der Waals surface area (Å²) in [6.07, 6.45) is 2.53. The fourth-order valence-electron chi connectivity index (χ4n) is 3.36. The van der Waals surface area contributed by atoms with E-state index in [9.17, 15) is 5.11 Å². The van der Waals surface area contributed by atoms with Crippen LogP contribution in [0.4, 0.5) is 11.8 Å². The number of aliphatic hydroxyl groups excluding tert-OH is 1. The van der Waals surface area contributed by atoms with Crippen molar-refractivity contribution in [2.45, 2.75) is 31.9 Å². The largest absolute Gasteiger partial charge is 0.389 e. The third-order valence-corrected chi connectivity index (χ3v) is 5.11. The van der Waals surface area contributed by atoms with Gasteiger partial charge in [-0.25, -0.2) is 4.98 Å². The molecule has 0 aliphatic carbocycles. The Kier molecular flexibility index (Phi) is 4.74. The molecule has 2 aliphatic heterocycles. The Hall–Kier alpha value is -2.25. The van der Waals surface area contributed by atoms with Crippen molar-refractivity contribution < 1.29 is 9.84 Å². The predicted octanol–water partition coefficient (Wildman–Crippen LogP) is 1.50. The van der Waals surface area contributed by atoms with Crippen LogP contribution >= 0.6 is 0 Å². The summed E-state index contributed by atoms with van der Waals surface area (Å²) in [5.41, 5.74) is 3.23. The van der Waals surface area contributed by atoms with Gasteiger partial charge in [0.1, 0.15) is 5.82 Å². The summed E-state index contributed by atoms with van der Waals surface area (Å²) < 4.78 is 5.54. The highest BCUT2D eigenvalue weighted by Crippen LogP contribution is 2.29. The van der Waals surface area contributed by atoms with Gasteiger partial charge in [-0.2, -0.15) is 4.98 Å². The first-order valence-electron chi connectivity index (χ1n) is 9.11. The molecule has 0 saturated carbocycles. The van der Waals surface area contributed by atoms with Crippen LogP contribution in [0, 0.1) is 6.92 Å². The van der Waals surface area contributed by atoms with E-state index in [4.69, 9.17) is 14.7 Å². The molecule has 0 aromatic carbocycles. The minimum atomic E-state index is -0.283. The normalized spacial score (nSPS) is 20.3. The molecule has 7 heteroatoms. The fourth-order valence-corrected chi connectivity index (χ4v) is 3.36. The van der Waals surface area contributed by atoms with Gasteiger partial charge >= 0.3 is 0 Å². The van der Waals surface area contributed by atoms with Gasteiger partial charge in [0.15, 0.2) is 0 Å². The van der Waals surface area contributed by atoms with E-state index in [0.717, 1.165) is 30.2 Å². The van der Waals surface area contributed by atoms with Crippen LogP contribution in [0.15, 0.2) is 24.4 Å². The van der Waals surface area contributed by atoms with Crippen molar-refractivity contribution in [1.29, 1.82) is 0 Å². The van der Waals surface area contributed by atoms with E-state index in [1.165, 1.54) is 5.56 Å². The first-order valence-corrected chi connectivity index (χ1v) is 9.11. The van der Waals surface area contributed by atoms with Crippen molar-refractivity contribution in [3.05, 3.63) is 41.3 Å². The molecular formula is C19H25N5O2. The lowest BCUT2D eigenvalue weighted by atomic mass is 10.0. The van der Waals surface area contributed by atoms with E-state index in [-0.39, 0.29) is 6.10 Å². The SMILES string of the molecule is Cc1cccnc1CN(C)c1cc(C2CCOC2)nc(N2CC(O)C2)n1. The van der Waals surface area contributed by atoms with E-state index in [1.54, 1.807) is 0 Å². The number of rotatable bonds is 5. The lowest BCUT2D eigenvalue weighted by molar-refractivity contribution is 0.140. The number of aryl methyl sites for hydroxylation is 1. The molecule has 2 aromatic rings. The van der Waals surface area contributed by atoms with Crippen LogP contribution in [0.1, 0.15) is 29.3 Å². The zero-order valence-corrected chi connectivity index (χ0v) is 15.3. The van der Waals surface area contributed by atoms with Crippen molar-refractivity contribution in [2.75, 3.05) is 43.2 Å². The predicted molar refractivity (Wildman–Crippen MR) is 99.5 cm³/mol. The summed E-state index contributed by atoms with van der Waals surface area (Å²) in [7, 11) is 2.03. The van der Waals surface area contributed by atoms with Crippen LogP contribution in [0.2, 0.25) is 0 Å². The molecule has 2 fully saturated rings. The fraction of sp³-hybridized carbons (Fsp3) is 0.526. The topological polar surface area (TPSA) is 74.6 Å². The van der Waals surface area contributed by atoms with Crippen LogP contribution in [0.25, 0.3) is 0 Å². The average molecular weight is 355 g/mol. The van der Waals surface area contributed by atoms with E-state index in [0.29, 0.717) is 38.1 Å². The van der Waals surface area contributed by atoms with Gasteiger partial charge in [0, 0.05) is 44.9 Å². The molecule has 2 saturated heterocycles. The van der Waals surface area contributed by atoms with Gasteiger partial charge in [0.2, 0.25) is 5.95 Å². The molecule has 4 heterocycles. The molecule has 0 bridgehead atoms. The van der Waals surface area contributed by atoms with Gasteiger partial charge in [0.25, 0.3) is 0 Å². The maximum atomic E-state index is 9.63. The molecular weight excluding hydrogens is 330 g/mol. The molecule has 0 spiro atoms. The molecule has 4 rings (SSSR count). The molecule has 0 amide bonds. The first kappa shape index (κ1) is 17.2.